The second-order valence-electron chi connectivity index (χ2n) is 6.66. The highest BCUT2D eigenvalue weighted by molar-refractivity contribution is 5.94. The number of ether oxygens (including phenoxy) is 2. The van der Waals surface area contributed by atoms with Crippen molar-refractivity contribution >= 4 is 11.9 Å². The van der Waals surface area contributed by atoms with Crippen molar-refractivity contribution in [1.82, 2.24) is 5.32 Å². The summed E-state index contributed by atoms with van der Waals surface area (Å²) in [5.41, 5.74) is 0.376. The fourth-order valence-corrected chi connectivity index (χ4v) is 3.05. The normalized spacial score (nSPS) is 15.0. The molecule has 28 heavy (non-hydrogen) atoms. The summed E-state index contributed by atoms with van der Waals surface area (Å²) in [6.45, 7) is -0.237. The van der Waals surface area contributed by atoms with Crippen LogP contribution in [0, 0.1) is 5.82 Å². The first kappa shape index (κ1) is 19.7. The van der Waals surface area contributed by atoms with Gasteiger partial charge >= 0.3 is 5.97 Å². The largest absolute Gasteiger partial charge is 0.490 e. The monoisotopic (exact) mass is 387 g/mol. The summed E-state index contributed by atoms with van der Waals surface area (Å²) in [6.07, 6.45) is 3.20. The van der Waals surface area contributed by atoms with E-state index >= 15 is 0 Å². The fourth-order valence-electron chi connectivity index (χ4n) is 3.05. The molecule has 1 unspecified atom stereocenters. The molecule has 6 nitrogen and oxygen atoms in total. The zero-order chi connectivity index (χ0) is 19.9. The summed E-state index contributed by atoms with van der Waals surface area (Å²) in [7, 11) is 0. The molecule has 0 heterocycles. The van der Waals surface area contributed by atoms with Crippen LogP contribution < -0.4 is 14.8 Å². The number of nitrogens with one attached hydrogen (secondary N) is 1. The molecule has 0 radical (unpaired) electrons. The lowest BCUT2D eigenvalue weighted by Crippen LogP contribution is -2.40. The lowest BCUT2D eigenvalue weighted by molar-refractivity contribution is -0.144. The van der Waals surface area contributed by atoms with Crippen molar-refractivity contribution in [2.45, 2.75) is 37.9 Å². The van der Waals surface area contributed by atoms with Gasteiger partial charge in [-0.15, -0.1) is 0 Å². The van der Waals surface area contributed by atoms with Crippen LogP contribution in [0.15, 0.2) is 48.5 Å². The first-order valence-electron chi connectivity index (χ1n) is 9.21. The van der Waals surface area contributed by atoms with Gasteiger partial charge in [-0.25, -0.2) is 9.18 Å². The third-order valence-corrected chi connectivity index (χ3v) is 4.52. The smallest absolute Gasteiger partial charge is 0.346 e. The van der Waals surface area contributed by atoms with Crippen LogP contribution in [-0.4, -0.2) is 35.7 Å². The molecule has 2 N–H and O–H groups in total. The summed E-state index contributed by atoms with van der Waals surface area (Å²) in [5, 5.41) is 11.9. The minimum Gasteiger partial charge on any atom is -0.490 e. The van der Waals surface area contributed by atoms with Gasteiger partial charge in [0.05, 0.1) is 12.6 Å². The maximum absolute atomic E-state index is 12.9. The van der Waals surface area contributed by atoms with E-state index in [2.05, 4.69) is 5.32 Å². The average Bonchev–Trinajstić information content (AvgIpc) is 3.19. The van der Waals surface area contributed by atoms with Crippen LogP contribution >= 0.6 is 0 Å². The molecular weight excluding hydrogens is 365 g/mol. The SMILES string of the molecule is O=C(NCC(Oc1ccc(F)cc1)C(=O)O)c1cccc(OC2CCCC2)c1. The lowest BCUT2D eigenvalue weighted by Gasteiger charge is -2.16. The Morgan fingerprint density at radius 2 is 1.82 bits per heavy atom. The Balaban J connectivity index is 1.58. The molecule has 0 bridgehead atoms. The maximum atomic E-state index is 12.9. The van der Waals surface area contributed by atoms with Crippen LogP contribution in [0.2, 0.25) is 0 Å². The van der Waals surface area contributed by atoms with E-state index in [0.29, 0.717) is 11.3 Å². The van der Waals surface area contributed by atoms with E-state index < -0.39 is 23.8 Å². The van der Waals surface area contributed by atoms with Gasteiger partial charge in [0.1, 0.15) is 17.3 Å². The molecule has 1 fully saturated rings. The van der Waals surface area contributed by atoms with Crippen molar-refractivity contribution < 1.29 is 28.6 Å². The highest BCUT2D eigenvalue weighted by atomic mass is 19.1. The van der Waals surface area contributed by atoms with Crippen molar-refractivity contribution in [3.63, 3.8) is 0 Å². The molecule has 0 spiro atoms. The van der Waals surface area contributed by atoms with E-state index in [1.807, 2.05) is 0 Å². The van der Waals surface area contributed by atoms with E-state index in [0.717, 1.165) is 25.7 Å². The predicted molar refractivity (Wildman–Crippen MR) is 100 cm³/mol. The van der Waals surface area contributed by atoms with Gasteiger partial charge in [0.2, 0.25) is 6.10 Å². The summed E-state index contributed by atoms with van der Waals surface area (Å²) in [6, 6.07) is 11.8. The number of aliphatic carboxylic acids is 1. The molecule has 1 aliphatic carbocycles. The first-order valence-corrected chi connectivity index (χ1v) is 9.21. The predicted octanol–water partition coefficient (Wildman–Crippen LogP) is 3.41. The maximum Gasteiger partial charge on any atom is 0.346 e. The lowest BCUT2D eigenvalue weighted by atomic mass is 10.2. The Morgan fingerprint density at radius 1 is 1.11 bits per heavy atom. The number of carboxylic acid groups (broad SMARTS) is 1. The van der Waals surface area contributed by atoms with Crippen LogP contribution in [-0.2, 0) is 4.79 Å². The number of carbonyl (C=O) groups is 2. The zero-order valence-electron chi connectivity index (χ0n) is 15.3. The van der Waals surface area contributed by atoms with Gasteiger partial charge in [-0.2, -0.15) is 0 Å². The van der Waals surface area contributed by atoms with Gasteiger partial charge in [-0.3, -0.25) is 4.79 Å². The number of amides is 1. The summed E-state index contributed by atoms with van der Waals surface area (Å²) >= 11 is 0. The molecule has 148 valence electrons. The summed E-state index contributed by atoms with van der Waals surface area (Å²) in [5.74, 6) is -1.28. The second-order valence-corrected chi connectivity index (χ2v) is 6.66. The fraction of sp³-hybridized carbons (Fsp3) is 0.333. The van der Waals surface area contributed by atoms with Crippen molar-refractivity contribution in [1.29, 1.82) is 0 Å². The Morgan fingerprint density at radius 3 is 2.50 bits per heavy atom. The van der Waals surface area contributed by atoms with E-state index in [1.165, 1.54) is 24.3 Å². The van der Waals surface area contributed by atoms with Gasteiger partial charge in [-0.05, 0) is 68.1 Å². The molecule has 0 aliphatic heterocycles. The summed E-state index contributed by atoms with van der Waals surface area (Å²) < 4.78 is 24.2. The molecule has 0 saturated heterocycles. The number of hydrogen-bond acceptors (Lipinski definition) is 4. The van der Waals surface area contributed by atoms with Gasteiger partial charge in [0.15, 0.2) is 0 Å². The van der Waals surface area contributed by atoms with Crippen molar-refractivity contribution in [2.24, 2.45) is 0 Å². The molecule has 1 amide bonds. The van der Waals surface area contributed by atoms with Gasteiger partial charge in [0, 0.05) is 5.56 Å². The minimum atomic E-state index is -1.30. The van der Waals surface area contributed by atoms with Crippen LogP contribution in [0.5, 0.6) is 11.5 Å². The first-order chi connectivity index (χ1) is 13.5. The van der Waals surface area contributed by atoms with E-state index in [1.54, 1.807) is 24.3 Å². The molecule has 1 saturated carbocycles. The van der Waals surface area contributed by atoms with Gasteiger partial charge < -0.3 is 19.9 Å². The molecule has 3 rings (SSSR count). The zero-order valence-corrected chi connectivity index (χ0v) is 15.3. The van der Waals surface area contributed by atoms with Crippen LogP contribution in [0.4, 0.5) is 4.39 Å². The third kappa shape index (κ3) is 5.45. The van der Waals surface area contributed by atoms with Crippen LogP contribution in [0.1, 0.15) is 36.0 Å². The second kappa shape index (κ2) is 9.21. The number of hydrogen-bond donors (Lipinski definition) is 2. The van der Waals surface area contributed by atoms with Gasteiger partial charge in [-0.1, -0.05) is 6.07 Å². The molecule has 1 atom stereocenters. The third-order valence-electron chi connectivity index (χ3n) is 4.52. The number of carboxylic acids is 1. The average molecular weight is 387 g/mol. The van der Waals surface area contributed by atoms with Crippen molar-refractivity contribution in [2.75, 3.05) is 6.54 Å². The molecular formula is C21H22FNO5. The Hall–Kier alpha value is -3.09. The number of benzene rings is 2. The van der Waals surface area contributed by atoms with E-state index in [4.69, 9.17) is 9.47 Å². The Bertz CT molecular complexity index is 818. The van der Waals surface area contributed by atoms with Crippen molar-refractivity contribution in [3.8, 4) is 11.5 Å². The highest BCUT2D eigenvalue weighted by Gasteiger charge is 2.21. The number of rotatable bonds is 8. The van der Waals surface area contributed by atoms with Crippen LogP contribution in [0.25, 0.3) is 0 Å². The molecule has 1 aliphatic rings. The quantitative estimate of drug-likeness (QED) is 0.725. The molecule has 2 aromatic carbocycles. The topological polar surface area (TPSA) is 84.9 Å². The van der Waals surface area contributed by atoms with E-state index in [-0.39, 0.29) is 18.4 Å². The standard InChI is InChI=1S/C21H22FNO5/c22-15-8-10-17(11-9-15)28-19(21(25)26)13-23-20(24)14-4-3-7-18(12-14)27-16-5-1-2-6-16/h3-4,7-12,16,19H,1-2,5-6,13H2,(H,23,24)(H,25,26). The highest BCUT2D eigenvalue weighted by Crippen LogP contribution is 2.24. The molecule has 0 aromatic heterocycles. The Labute approximate surface area is 162 Å². The van der Waals surface area contributed by atoms with Gasteiger partial charge in [0.25, 0.3) is 5.91 Å². The number of carbonyl (C=O) groups excluding carboxylic acids is 1. The Kier molecular flexibility index (Phi) is 6.47. The van der Waals surface area contributed by atoms with Crippen molar-refractivity contribution in [3.05, 3.63) is 59.9 Å². The van der Waals surface area contributed by atoms with E-state index in [9.17, 15) is 19.1 Å². The summed E-state index contributed by atoms with van der Waals surface area (Å²) in [4.78, 5) is 23.8. The molecule has 7 heteroatoms. The minimum absolute atomic E-state index is 0.179. The number of halogens is 1. The molecule has 2 aromatic rings. The van der Waals surface area contributed by atoms with Crippen LogP contribution in [0.3, 0.4) is 0 Å².